The SMILES string of the molecule is Cc1ccc2c(c1C)CCN(CCCN(C)CCCCc1cccs1)C2=O. The van der Waals surface area contributed by atoms with E-state index in [1.807, 2.05) is 22.3 Å². The van der Waals surface area contributed by atoms with Crippen molar-refractivity contribution in [3.63, 3.8) is 0 Å². The van der Waals surface area contributed by atoms with Crippen LogP contribution in [-0.4, -0.2) is 48.9 Å². The second-order valence-electron chi connectivity index (χ2n) is 7.77. The minimum absolute atomic E-state index is 0.220. The van der Waals surface area contributed by atoms with E-state index in [1.165, 1.54) is 40.8 Å². The van der Waals surface area contributed by atoms with Crippen molar-refractivity contribution in [3.05, 3.63) is 56.8 Å². The largest absolute Gasteiger partial charge is 0.338 e. The number of rotatable bonds is 9. The molecule has 0 spiro atoms. The Hall–Kier alpha value is -1.65. The van der Waals surface area contributed by atoms with Crippen molar-refractivity contribution in [1.82, 2.24) is 9.80 Å². The number of hydrogen-bond acceptors (Lipinski definition) is 3. The van der Waals surface area contributed by atoms with Crippen LogP contribution < -0.4 is 0 Å². The summed E-state index contributed by atoms with van der Waals surface area (Å²) >= 11 is 1.86. The van der Waals surface area contributed by atoms with Crippen LogP contribution in [0, 0.1) is 13.8 Å². The minimum atomic E-state index is 0.220. The van der Waals surface area contributed by atoms with Crippen molar-refractivity contribution in [2.45, 2.75) is 46.0 Å². The van der Waals surface area contributed by atoms with Gasteiger partial charge in [0.15, 0.2) is 0 Å². The third-order valence-electron chi connectivity index (χ3n) is 5.78. The maximum atomic E-state index is 12.8. The first-order valence-corrected chi connectivity index (χ1v) is 11.0. The van der Waals surface area contributed by atoms with Crippen LogP contribution in [0.4, 0.5) is 0 Å². The van der Waals surface area contributed by atoms with Gasteiger partial charge in [-0.05, 0) is 100 Å². The third-order valence-corrected chi connectivity index (χ3v) is 6.72. The number of benzene rings is 1. The van der Waals surface area contributed by atoms with E-state index in [0.29, 0.717) is 0 Å². The fraction of sp³-hybridized carbons (Fsp3) is 0.522. The van der Waals surface area contributed by atoms with Gasteiger partial charge in [0.1, 0.15) is 0 Å². The fourth-order valence-corrected chi connectivity index (χ4v) is 4.66. The van der Waals surface area contributed by atoms with E-state index in [1.54, 1.807) is 0 Å². The summed E-state index contributed by atoms with van der Waals surface area (Å²) in [7, 11) is 2.20. The van der Waals surface area contributed by atoms with Gasteiger partial charge in [-0.25, -0.2) is 0 Å². The number of fused-ring (bicyclic) bond motifs is 1. The van der Waals surface area contributed by atoms with E-state index < -0.39 is 0 Å². The zero-order valence-corrected chi connectivity index (χ0v) is 17.8. The van der Waals surface area contributed by atoms with Crippen LogP contribution in [-0.2, 0) is 12.8 Å². The topological polar surface area (TPSA) is 23.6 Å². The molecule has 2 aromatic rings. The highest BCUT2D eigenvalue weighted by molar-refractivity contribution is 7.09. The summed E-state index contributed by atoms with van der Waals surface area (Å²) in [6.07, 6.45) is 5.74. The van der Waals surface area contributed by atoms with Crippen molar-refractivity contribution >= 4 is 17.2 Å². The van der Waals surface area contributed by atoms with E-state index in [0.717, 1.165) is 44.6 Å². The molecule has 3 rings (SSSR count). The van der Waals surface area contributed by atoms with Crippen molar-refractivity contribution in [2.24, 2.45) is 0 Å². The summed E-state index contributed by atoms with van der Waals surface area (Å²) in [5.74, 6) is 0.220. The van der Waals surface area contributed by atoms with Gasteiger partial charge in [0.2, 0.25) is 0 Å². The van der Waals surface area contributed by atoms with Crippen LogP contribution >= 0.6 is 11.3 Å². The number of carbonyl (C=O) groups is 1. The zero-order chi connectivity index (χ0) is 19.2. The summed E-state index contributed by atoms with van der Waals surface area (Å²) in [5.41, 5.74) is 4.77. The maximum Gasteiger partial charge on any atom is 0.254 e. The molecular weight excluding hydrogens is 352 g/mol. The number of hydrogen-bond donors (Lipinski definition) is 0. The summed E-state index contributed by atoms with van der Waals surface area (Å²) in [4.78, 5) is 18.7. The van der Waals surface area contributed by atoms with Gasteiger partial charge < -0.3 is 9.80 Å². The second kappa shape index (κ2) is 9.52. The summed E-state index contributed by atoms with van der Waals surface area (Å²) in [6, 6.07) is 8.46. The lowest BCUT2D eigenvalue weighted by Gasteiger charge is -2.30. The molecule has 0 radical (unpaired) electrons. The van der Waals surface area contributed by atoms with Gasteiger partial charge in [-0.15, -0.1) is 11.3 Å². The second-order valence-corrected chi connectivity index (χ2v) is 8.80. The van der Waals surface area contributed by atoms with Crippen LogP contribution in [0.2, 0.25) is 0 Å². The Morgan fingerprint density at radius 1 is 1.11 bits per heavy atom. The summed E-state index contributed by atoms with van der Waals surface area (Å²) < 4.78 is 0. The molecule has 0 fully saturated rings. The Balaban J connectivity index is 1.37. The lowest BCUT2D eigenvalue weighted by atomic mass is 9.91. The van der Waals surface area contributed by atoms with E-state index in [-0.39, 0.29) is 5.91 Å². The van der Waals surface area contributed by atoms with Crippen LogP contribution in [0.15, 0.2) is 29.6 Å². The number of thiophene rings is 1. The first-order chi connectivity index (χ1) is 13.1. The molecular formula is C23H32N2OS. The number of nitrogens with zero attached hydrogens (tertiary/aromatic N) is 2. The molecule has 1 aromatic carbocycles. The molecule has 3 nitrogen and oxygen atoms in total. The zero-order valence-electron chi connectivity index (χ0n) is 17.0. The van der Waals surface area contributed by atoms with Crippen molar-refractivity contribution in [3.8, 4) is 0 Å². The molecule has 0 aliphatic carbocycles. The van der Waals surface area contributed by atoms with Gasteiger partial charge >= 0.3 is 0 Å². The molecule has 27 heavy (non-hydrogen) atoms. The van der Waals surface area contributed by atoms with Gasteiger partial charge in [0.25, 0.3) is 5.91 Å². The highest BCUT2D eigenvalue weighted by atomic mass is 32.1. The van der Waals surface area contributed by atoms with Crippen LogP contribution in [0.5, 0.6) is 0 Å². The Labute approximate surface area is 168 Å². The number of amides is 1. The lowest BCUT2D eigenvalue weighted by molar-refractivity contribution is 0.0733. The molecule has 1 aliphatic rings. The van der Waals surface area contributed by atoms with Gasteiger partial charge in [0, 0.05) is 23.5 Å². The number of carbonyl (C=O) groups excluding carboxylic acids is 1. The normalized spacial score (nSPS) is 14.1. The average Bonchev–Trinajstić information content (AvgIpc) is 3.17. The summed E-state index contributed by atoms with van der Waals surface area (Å²) in [6.45, 7) is 8.20. The highest BCUT2D eigenvalue weighted by Crippen LogP contribution is 2.24. The van der Waals surface area contributed by atoms with E-state index >= 15 is 0 Å². The number of unbranched alkanes of at least 4 members (excludes halogenated alkanes) is 1. The standard InChI is InChI=1S/C23H32N2OS/c1-18-10-11-22-21(19(18)2)12-16-25(23(22)26)15-7-14-24(3)13-5-4-8-20-9-6-17-27-20/h6,9-11,17H,4-5,7-8,12-16H2,1-3H3. The molecule has 0 bridgehead atoms. The van der Waals surface area contributed by atoms with E-state index in [4.69, 9.17) is 0 Å². The molecule has 1 amide bonds. The van der Waals surface area contributed by atoms with Crippen molar-refractivity contribution in [2.75, 3.05) is 33.2 Å². The number of aryl methyl sites for hydroxylation is 2. The molecule has 146 valence electrons. The van der Waals surface area contributed by atoms with Crippen LogP contribution in [0.1, 0.15) is 51.2 Å². The molecule has 0 saturated carbocycles. The predicted molar refractivity (Wildman–Crippen MR) is 115 cm³/mol. The molecule has 0 unspecified atom stereocenters. The fourth-order valence-electron chi connectivity index (χ4n) is 3.91. The van der Waals surface area contributed by atoms with Gasteiger partial charge in [0.05, 0.1) is 0 Å². The van der Waals surface area contributed by atoms with E-state index in [9.17, 15) is 4.79 Å². The van der Waals surface area contributed by atoms with Crippen molar-refractivity contribution in [1.29, 1.82) is 0 Å². The predicted octanol–water partition coefficient (Wildman–Crippen LogP) is 4.71. The quantitative estimate of drug-likeness (QED) is 0.585. The summed E-state index contributed by atoms with van der Waals surface area (Å²) in [5, 5.41) is 2.16. The van der Waals surface area contributed by atoms with Gasteiger partial charge in [-0.2, -0.15) is 0 Å². The molecule has 0 atom stereocenters. The molecule has 2 heterocycles. The Morgan fingerprint density at radius 3 is 2.70 bits per heavy atom. The lowest BCUT2D eigenvalue weighted by Crippen LogP contribution is -2.39. The first-order valence-electron chi connectivity index (χ1n) is 10.2. The monoisotopic (exact) mass is 384 g/mol. The van der Waals surface area contributed by atoms with Gasteiger partial charge in [-0.3, -0.25) is 4.79 Å². The van der Waals surface area contributed by atoms with Gasteiger partial charge in [-0.1, -0.05) is 12.1 Å². The molecule has 4 heteroatoms. The molecule has 0 N–H and O–H groups in total. The smallest absolute Gasteiger partial charge is 0.254 e. The van der Waals surface area contributed by atoms with Crippen LogP contribution in [0.25, 0.3) is 0 Å². The third kappa shape index (κ3) is 5.20. The Bertz CT molecular complexity index is 754. The van der Waals surface area contributed by atoms with E-state index in [2.05, 4.69) is 49.4 Å². The Kier molecular flexibility index (Phi) is 7.08. The first kappa shape index (κ1) is 20.1. The highest BCUT2D eigenvalue weighted by Gasteiger charge is 2.25. The average molecular weight is 385 g/mol. The molecule has 1 aromatic heterocycles. The van der Waals surface area contributed by atoms with Crippen molar-refractivity contribution < 1.29 is 4.79 Å². The maximum absolute atomic E-state index is 12.8. The molecule has 1 aliphatic heterocycles. The Morgan fingerprint density at radius 2 is 1.93 bits per heavy atom. The minimum Gasteiger partial charge on any atom is -0.338 e. The molecule has 0 saturated heterocycles. The van der Waals surface area contributed by atoms with Crippen LogP contribution in [0.3, 0.4) is 0 Å².